The van der Waals surface area contributed by atoms with Crippen molar-refractivity contribution >= 4 is 40.5 Å². The fourth-order valence-electron chi connectivity index (χ4n) is 7.42. The first kappa shape index (κ1) is 29.4. The fraction of sp³-hybridized carbons (Fsp3) is 0.484. The molecule has 2 fully saturated rings. The molecule has 0 radical (unpaired) electrons. The van der Waals surface area contributed by atoms with Gasteiger partial charge in [0.2, 0.25) is 5.91 Å². The van der Waals surface area contributed by atoms with Gasteiger partial charge in [0.15, 0.2) is 40.4 Å². The topological polar surface area (TPSA) is 177 Å². The van der Waals surface area contributed by atoms with Crippen molar-refractivity contribution in [1.29, 1.82) is 0 Å². The lowest BCUT2D eigenvalue weighted by molar-refractivity contribution is -0.182. The second-order valence-electron chi connectivity index (χ2n) is 12.4. The minimum absolute atomic E-state index is 0.0243. The average molecular weight is 578 g/mol. The van der Waals surface area contributed by atoms with Crippen molar-refractivity contribution in [2.45, 2.75) is 45.8 Å². The van der Waals surface area contributed by atoms with E-state index in [0.717, 1.165) is 0 Å². The normalized spacial score (nSPS) is 28.8. The van der Waals surface area contributed by atoms with Gasteiger partial charge in [-0.2, -0.15) is 0 Å². The number of primary amides is 1. The van der Waals surface area contributed by atoms with Crippen LogP contribution in [0.3, 0.4) is 0 Å². The van der Waals surface area contributed by atoms with E-state index in [1.807, 2.05) is 0 Å². The molecular formula is C31H35N3O8. The highest BCUT2D eigenvalue weighted by molar-refractivity contribution is 6.32. The molecule has 3 aliphatic carbocycles. The molecule has 222 valence electrons. The number of carbonyl (C=O) groups excluding carboxylic acids is 6. The Morgan fingerprint density at radius 1 is 1.17 bits per heavy atom. The highest BCUT2D eigenvalue weighted by atomic mass is 16.3. The van der Waals surface area contributed by atoms with Crippen LogP contribution in [0.1, 0.15) is 59.0 Å². The largest absolute Gasteiger partial charge is 0.507 e. The Kier molecular flexibility index (Phi) is 7.00. The van der Waals surface area contributed by atoms with Gasteiger partial charge in [-0.15, -0.1) is 0 Å². The molecule has 42 heavy (non-hydrogen) atoms. The molecule has 1 heterocycles. The number of amides is 1. The summed E-state index contributed by atoms with van der Waals surface area (Å²) in [5.41, 5.74) is 4.65. The Morgan fingerprint density at radius 2 is 1.83 bits per heavy atom. The van der Waals surface area contributed by atoms with E-state index < -0.39 is 70.1 Å². The number of aromatic hydroxyl groups is 1. The highest BCUT2D eigenvalue weighted by Crippen LogP contribution is 2.54. The number of Topliss-reactive ketones (excluding diaryl/α,β-unsaturated/α-hetero) is 5. The third-order valence-corrected chi connectivity index (χ3v) is 9.36. The van der Waals surface area contributed by atoms with E-state index in [9.17, 15) is 39.0 Å². The molecule has 2 aromatic rings. The number of carbonyl (C=O) groups is 6. The quantitative estimate of drug-likeness (QED) is 0.338. The lowest BCUT2D eigenvalue weighted by Crippen LogP contribution is -2.71. The number of nitrogens with two attached hydrogens (primary N) is 1. The lowest BCUT2D eigenvalue weighted by Gasteiger charge is -2.52. The molecule has 0 bridgehead atoms. The Hall–Kier alpha value is -4.12. The number of hydrogen-bond acceptors (Lipinski definition) is 9. The van der Waals surface area contributed by atoms with Crippen molar-refractivity contribution in [2.24, 2.45) is 41.2 Å². The van der Waals surface area contributed by atoms with E-state index in [-0.39, 0.29) is 36.5 Å². The molecule has 6 atom stereocenters. The van der Waals surface area contributed by atoms with Crippen LogP contribution in [0, 0.1) is 35.5 Å². The van der Waals surface area contributed by atoms with Crippen LogP contribution >= 0.6 is 0 Å². The van der Waals surface area contributed by atoms with Gasteiger partial charge in [0.05, 0.1) is 18.0 Å². The van der Waals surface area contributed by atoms with Crippen molar-refractivity contribution in [2.75, 3.05) is 19.0 Å². The lowest BCUT2D eigenvalue weighted by atomic mass is 9.49. The van der Waals surface area contributed by atoms with E-state index in [0.29, 0.717) is 22.4 Å². The molecule has 3 aliphatic rings. The van der Waals surface area contributed by atoms with E-state index in [1.165, 1.54) is 6.92 Å². The molecule has 1 amide bonds. The van der Waals surface area contributed by atoms with E-state index in [1.54, 1.807) is 61.9 Å². The summed E-state index contributed by atoms with van der Waals surface area (Å²) < 4.78 is 1.69. The van der Waals surface area contributed by atoms with Crippen LogP contribution in [0.5, 0.6) is 5.75 Å². The molecule has 4 N–H and O–H groups in total. The Balaban J connectivity index is 1.63. The maximum Gasteiger partial charge on any atom is 0.235 e. The van der Waals surface area contributed by atoms with Crippen molar-refractivity contribution in [3.63, 3.8) is 0 Å². The number of fused-ring (bicyclic) bond motifs is 3. The third kappa shape index (κ3) is 4.12. The molecule has 0 saturated heterocycles. The molecule has 3 unspecified atom stereocenters. The number of phenolic OH excluding ortho intramolecular Hbond substituents is 1. The Morgan fingerprint density at radius 3 is 2.38 bits per heavy atom. The van der Waals surface area contributed by atoms with Gasteiger partial charge in [-0.1, -0.05) is 13.8 Å². The summed E-state index contributed by atoms with van der Waals surface area (Å²) in [6.45, 7) is 4.99. The van der Waals surface area contributed by atoms with Crippen molar-refractivity contribution < 1.29 is 39.0 Å². The maximum absolute atomic E-state index is 14.1. The number of phenols is 1. The molecule has 0 spiro atoms. The minimum Gasteiger partial charge on any atom is -0.507 e. The second-order valence-corrected chi connectivity index (χ2v) is 12.4. The van der Waals surface area contributed by atoms with E-state index in [2.05, 4.69) is 0 Å². The zero-order chi connectivity index (χ0) is 31.0. The van der Waals surface area contributed by atoms with Crippen LogP contribution in [0.15, 0.2) is 24.5 Å². The number of benzene rings is 1. The zero-order valence-electron chi connectivity index (χ0n) is 24.2. The minimum atomic E-state index is -2.73. The summed E-state index contributed by atoms with van der Waals surface area (Å²) in [6.07, 6.45) is 3.52. The number of aliphatic hydroxyl groups is 1. The molecule has 0 aliphatic heterocycles. The van der Waals surface area contributed by atoms with Crippen LogP contribution in [0.25, 0.3) is 0 Å². The number of ketones is 5. The Bertz CT molecular complexity index is 1570. The predicted molar refractivity (Wildman–Crippen MR) is 150 cm³/mol. The Labute approximate surface area is 242 Å². The SMILES string of the molecule is CC(=O)c1ccn(Cc2cc(N(C)C)c3c(c2O)C(=O)C2C(=O)[C@@]4(O)C(=O)C(C(N)=O)C(=O)C(C(C)C)[C@H]4C[C@H]2C3)c1. The first-order valence-electron chi connectivity index (χ1n) is 14.0. The molecular weight excluding hydrogens is 542 g/mol. The summed E-state index contributed by atoms with van der Waals surface area (Å²) in [4.78, 5) is 80.7. The van der Waals surface area contributed by atoms with Crippen LogP contribution in [0.4, 0.5) is 5.69 Å². The van der Waals surface area contributed by atoms with Gasteiger partial charge < -0.3 is 25.4 Å². The highest BCUT2D eigenvalue weighted by Gasteiger charge is 2.69. The number of aromatic nitrogens is 1. The van der Waals surface area contributed by atoms with E-state index >= 15 is 0 Å². The summed E-state index contributed by atoms with van der Waals surface area (Å²) in [6, 6.07) is 3.41. The summed E-state index contributed by atoms with van der Waals surface area (Å²) in [5.74, 6) is -12.0. The van der Waals surface area contributed by atoms with Gasteiger partial charge in [-0.25, -0.2) is 0 Å². The number of nitrogens with zero attached hydrogens (tertiary/aromatic N) is 2. The van der Waals surface area contributed by atoms with Crippen molar-refractivity contribution in [3.8, 4) is 5.75 Å². The van der Waals surface area contributed by atoms with Crippen molar-refractivity contribution in [3.05, 3.63) is 46.8 Å². The molecule has 1 aromatic heterocycles. The zero-order valence-corrected chi connectivity index (χ0v) is 24.2. The molecule has 11 heteroatoms. The van der Waals surface area contributed by atoms with Gasteiger partial charge in [0, 0.05) is 55.1 Å². The predicted octanol–water partition coefficient (Wildman–Crippen LogP) is 1.33. The smallest absolute Gasteiger partial charge is 0.235 e. The first-order valence-corrected chi connectivity index (χ1v) is 14.0. The molecule has 5 rings (SSSR count). The summed E-state index contributed by atoms with van der Waals surface area (Å²) in [5, 5.41) is 23.2. The molecule has 11 nitrogen and oxygen atoms in total. The second kappa shape index (κ2) is 10.0. The maximum atomic E-state index is 14.1. The van der Waals surface area contributed by atoms with Crippen LogP contribution in [-0.2, 0) is 32.1 Å². The average Bonchev–Trinajstić information content (AvgIpc) is 3.36. The van der Waals surface area contributed by atoms with Gasteiger partial charge >= 0.3 is 0 Å². The van der Waals surface area contributed by atoms with Gasteiger partial charge in [0.1, 0.15) is 5.75 Å². The van der Waals surface area contributed by atoms with Crippen LogP contribution in [0.2, 0.25) is 0 Å². The molecule has 2 saturated carbocycles. The van der Waals surface area contributed by atoms with Crippen LogP contribution < -0.4 is 10.6 Å². The number of rotatable bonds is 6. The van der Waals surface area contributed by atoms with Gasteiger partial charge in [-0.05, 0) is 49.3 Å². The number of hydrogen-bond donors (Lipinski definition) is 3. The van der Waals surface area contributed by atoms with E-state index in [4.69, 9.17) is 5.73 Å². The molecule has 1 aromatic carbocycles. The summed E-state index contributed by atoms with van der Waals surface area (Å²) >= 11 is 0. The van der Waals surface area contributed by atoms with Gasteiger partial charge in [-0.3, -0.25) is 28.8 Å². The number of anilines is 1. The first-order chi connectivity index (χ1) is 19.6. The third-order valence-electron chi connectivity index (χ3n) is 9.36. The summed E-state index contributed by atoms with van der Waals surface area (Å²) in [7, 11) is 3.58. The fourth-order valence-corrected chi connectivity index (χ4v) is 7.42. The van der Waals surface area contributed by atoms with Crippen LogP contribution in [-0.4, -0.2) is 69.3 Å². The van der Waals surface area contributed by atoms with Crippen molar-refractivity contribution in [1.82, 2.24) is 4.57 Å². The van der Waals surface area contributed by atoms with Gasteiger partial charge in [0.25, 0.3) is 0 Å². The standard InChI is InChI=1S/C31H35N3O8/c1-13(2)21-19-9-16-8-18-20(33(4)5)10-17(12-34-7-6-15(11-34)14(3)35)25(36)23(18)27(38)22(16)28(39)31(19,42)29(40)24(26(21)37)30(32)41/h6-7,10-11,13,16,19,21-22,24,36,42H,8-9,12H2,1-5H3,(H2,32,41)/t16-,19-,21?,22?,24?,31-/m1/s1. The monoisotopic (exact) mass is 577 g/mol.